The molecule has 3 heterocycles. The van der Waals surface area contributed by atoms with Gasteiger partial charge in [-0.1, -0.05) is 65.8 Å². The van der Waals surface area contributed by atoms with Gasteiger partial charge in [0, 0.05) is 11.3 Å². The third kappa shape index (κ3) is 2.72. The molecule has 5 rings (SSSR count). The van der Waals surface area contributed by atoms with Crippen molar-refractivity contribution < 1.29 is 14.4 Å². The number of oxime groups is 1. The van der Waals surface area contributed by atoms with Crippen LogP contribution in [-0.4, -0.2) is 17.4 Å². The van der Waals surface area contributed by atoms with Gasteiger partial charge in [-0.15, -0.1) is 11.3 Å². The molecule has 2 aliphatic heterocycles. The predicted molar refractivity (Wildman–Crippen MR) is 113 cm³/mol. The van der Waals surface area contributed by atoms with Crippen molar-refractivity contribution in [1.29, 1.82) is 0 Å². The van der Waals surface area contributed by atoms with Crippen molar-refractivity contribution in [1.82, 2.24) is 0 Å². The molecule has 5 nitrogen and oxygen atoms in total. The lowest BCUT2D eigenvalue weighted by molar-refractivity contribution is -0.140. The highest BCUT2D eigenvalue weighted by Gasteiger charge is 2.62. The highest BCUT2D eigenvalue weighted by molar-refractivity contribution is 7.12. The number of Topliss-reactive ketones (excluding diaryl/α,β-unsaturated/α-hetero) is 1. The zero-order valence-corrected chi connectivity index (χ0v) is 16.1. The molecule has 1 aromatic heterocycles. The van der Waals surface area contributed by atoms with E-state index in [1.807, 2.05) is 60.0 Å². The molecule has 0 aliphatic carbocycles. The summed E-state index contributed by atoms with van der Waals surface area (Å²) in [5, 5.41) is 8.89. The number of carbonyl (C=O) groups excluding carboxylic acids is 2. The van der Waals surface area contributed by atoms with Gasteiger partial charge in [-0.2, -0.15) is 0 Å². The lowest BCUT2D eigenvalue weighted by atomic mass is 9.76. The molecule has 0 bridgehead atoms. The third-order valence-corrected chi connectivity index (χ3v) is 6.07. The fraction of sp³-hybridized carbons (Fsp3) is 0.0870. The molecular formula is C23H16N2O3S. The first-order valence-electron chi connectivity index (χ1n) is 9.18. The van der Waals surface area contributed by atoms with Crippen LogP contribution in [0, 0.1) is 5.92 Å². The Hall–Kier alpha value is -3.51. The van der Waals surface area contributed by atoms with E-state index in [1.54, 1.807) is 24.3 Å². The van der Waals surface area contributed by atoms with Crippen molar-refractivity contribution in [2.24, 2.45) is 11.1 Å². The maximum atomic E-state index is 13.5. The number of hydrogen-bond donors (Lipinski definition) is 1. The number of nitrogens with one attached hydrogen (secondary N) is 1. The lowest BCUT2D eigenvalue weighted by Crippen LogP contribution is -2.46. The van der Waals surface area contributed by atoms with E-state index in [9.17, 15) is 9.59 Å². The second-order valence-electron chi connectivity index (χ2n) is 6.86. The van der Waals surface area contributed by atoms with Crippen LogP contribution in [0.2, 0.25) is 0 Å². The summed E-state index contributed by atoms with van der Waals surface area (Å²) in [5.41, 5.74) is 1.18. The minimum atomic E-state index is -1.49. The summed E-state index contributed by atoms with van der Waals surface area (Å²) in [6, 6.07) is 20.6. The summed E-state index contributed by atoms with van der Waals surface area (Å²) >= 11 is 1.34. The highest BCUT2D eigenvalue weighted by atomic mass is 32.1. The van der Waals surface area contributed by atoms with E-state index in [2.05, 4.69) is 10.5 Å². The fourth-order valence-corrected chi connectivity index (χ4v) is 4.52. The Morgan fingerprint density at radius 2 is 1.83 bits per heavy atom. The normalized spacial score (nSPS) is 22.4. The average Bonchev–Trinajstić information content (AvgIpc) is 3.47. The second-order valence-corrected chi connectivity index (χ2v) is 7.81. The van der Waals surface area contributed by atoms with Crippen molar-refractivity contribution in [3.63, 3.8) is 0 Å². The van der Waals surface area contributed by atoms with E-state index in [1.165, 1.54) is 11.3 Å². The second kappa shape index (κ2) is 6.83. The van der Waals surface area contributed by atoms with E-state index >= 15 is 0 Å². The molecule has 0 saturated heterocycles. The van der Waals surface area contributed by atoms with Crippen molar-refractivity contribution >= 4 is 40.5 Å². The topological polar surface area (TPSA) is 67.8 Å². The molecule has 1 N–H and O–H groups in total. The minimum Gasteiger partial charge on any atom is -0.373 e. The molecule has 2 unspecified atom stereocenters. The number of hydrogen-bond acceptors (Lipinski definition) is 5. The number of benzene rings is 2. The molecule has 0 fully saturated rings. The van der Waals surface area contributed by atoms with Crippen molar-refractivity contribution in [3.8, 4) is 0 Å². The maximum Gasteiger partial charge on any atom is 0.277 e. The molecule has 0 radical (unpaired) electrons. The highest BCUT2D eigenvalue weighted by Crippen LogP contribution is 2.49. The Kier molecular flexibility index (Phi) is 4.14. The quantitative estimate of drug-likeness (QED) is 0.656. The van der Waals surface area contributed by atoms with E-state index in [0.717, 1.165) is 5.56 Å². The number of allylic oxidation sites excluding steroid dienone is 1. The summed E-state index contributed by atoms with van der Waals surface area (Å²) in [5.74, 6) is -1.42. The zero-order valence-electron chi connectivity index (χ0n) is 15.2. The van der Waals surface area contributed by atoms with Crippen LogP contribution in [0.15, 0.2) is 83.3 Å². The molecule has 2 atom stereocenters. The monoisotopic (exact) mass is 400 g/mol. The SMILES string of the molecule is O=C(c1cccs1)C1C(/C=C/c2ccccc2)=NOC12C(=O)Nc1ccccc12. The van der Waals surface area contributed by atoms with Gasteiger partial charge in [0.2, 0.25) is 0 Å². The molecule has 1 amide bonds. The van der Waals surface area contributed by atoms with E-state index in [-0.39, 0.29) is 11.7 Å². The summed E-state index contributed by atoms with van der Waals surface area (Å²) < 4.78 is 0. The van der Waals surface area contributed by atoms with Gasteiger partial charge >= 0.3 is 0 Å². The Labute approximate surface area is 171 Å². The number of anilines is 1. The molecule has 1 spiro atoms. The smallest absolute Gasteiger partial charge is 0.277 e. The van der Waals surface area contributed by atoms with Crippen LogP contribution in [0.4, 0.5) is 5.69 Å². The predicted octanol–water partition coefficient (Wildman–Crippen LogP) is 4.49. The van der Waals surface area contributed by atoms with Crippen molar-refractivity contribution in [2.75, 3.05) is 5.32 Å². The Bertz CT molecular complexity index is 1150. The number of fused-ring (bicyclic) bond motifs is 2. The van der Waals surface area contributed by atoms with Crippen LogP contribution in [0.25, 0.3) is 6.08 Å². The average molecular weight is 400 g/mol. The molecule has 0 saturated carbocycles. The van der Waals surface area contributed by atoms with Crippen LogP contribution < -0.4 is 5.32 Å². The van der Waals surface area contributed by atoms with Gasteiger partial charge in [0.25, 0.3) is 11.5 Å². The van der Waals surface area contributed by atoms with Crippen LogP contribution in [0.3, 0.4) is 0 Å². The number of carbonyl (C=O) groups is 2. The number of ketones is 1. The van der Waals surface area contributed by atoms with E-state index in [0.29, 0.717) is 21.8 Å². The van der Waals surface area contributed by atoms with Gasteiger partial charge in [-0.3, -0.25) is 9.59 Å². The summed E-state index contributed by atoms with van der Waals surface area (Å²) in [6.45, 7) is 0. The fourth-order valence-electron chi connectivity index (χ4n) is 3.82. The van der Waals surface area contributed by atoms with Gasteiger partial charge < -0.3 is 10.2 Å². The summed E-state index contributed by atoms with van der Waals surface area (Å²) in [4.78, 5) is 32.9. The molecule has 6 heteroatoms. The largest absolute Gasteiger partial charge is 0.373 e. The molecule has 142 valence electrons. The number of thiophene rings is 1. The Balaban J connectivity index is 1.61. The maximum absolute atomic E-state index is 13.5. The number of amides is 1. The van der Waals surface area contributed by atoms with Crippen molar-refractivity contribution in [2.45, 2.75) is 5.60 Å². The van der Waals surface area contributed by atoms with Gasteiger partial charge in [0.15, 0.2) is 5.78 Å². The van der Waals surface area contributed by atoms with Gasteiger partial charge in [-0.25, -0.2) is 0 Å². The first-order valence-corrected chi connectivity index (χ1v) is 10.1. The van der Waals surface area contributed by atoms with Gasteiger partial charge in [0.1, 0.15) is 5.92 Å². The number of nitrogens with zero attached hydrogens (tertiary/aromatic N) is 1. The summed E-state index contributed by atoms with van der Waals surface area (Å²) in [6.07, 6.45) is 3.63. The van der Waals surface area contributed by atoms with Crippen LogP contribution in [-0.2, 0) is 15.2 Å². The van der Waals surface area contributed by atoms with Crippen LogP contribution in [0.1, 0.15) is 20.8 Å². The molecular weight excluding hydrogens is 384 g/mol. The first-order chi connectivity index (χ1) is 14.2. The summed E-state index contributed by atoms with van der Waals surface area (Å²) in [7, 11) is 0. The molecule has 2 aromatic carbocycles. The Morgan fingerprint density at radius 1 is 1.03 bits per heavy atom. The number of para-hydroxylation sites is 1. The zero-order chi connectivity index (χ0) is 19.8. The minimum absolute atomic E-state index is 0.180. The van der Waals surface area contributed by atoms with Gasteiger partial charge in [0.05, 0.1) is 10.6 Å². The first kappa shape index (κ1) is 17.6. The van der Waals surface area contributed by atoms with Crippen LogP contribution in [0.5, 0.6) is 0 Å². The molecule has 29 heavy (non-hydrogen) atoms. The van der Waals surface area contributed by atoms with E-state index < -0.39 is 11.5 Å². The van der Waals surface area contributed by atoms with Crippen LogP contribution >= 0.6 is 11.3 Å². The lowest BCUT2D eigenvalue weighted by Gasteiger charge is -2.25. The van der Waals surface area contributed by atoms with Crippen molar-refractivity contribution in [3.05, 3.63) is 94.2 Å². The standard InChI is InChI=1S/C23H16N2O3S/c26-21(19-11-6-14-29-19)20-18(13-12-15-7-2-1-3-8-15)25-28-23(20)16-9-4-5-10-17(16)24-22(23)27/h1-14,20H,(H,24,27)/b13-12+. The van der Waals surface area contributed by atoms with E-state index in [4.69, 9.17) is 4.84 Å². The molecule has 3 aromatic rings. The van der Waals surface area contributed by atoms with Gasteiger partial charge in [-0.05, 0) is 29.2 Å². The molecule has 2 aliphatic rings. The number of rotatable bonds is 4. The third-order valence-electron chi connectivity index (χ3n) is 5.18. The Morgan fingerprint density at radius 3 is 2.62 bits per heavy atom.